The topological polar surface area (TPSA) is 26.5 Å². The molecule has 3 heteroatoms. The van der Waals surface area contributed by atoms with Crippen LogP contribution >= 0.6 is 0 Å². The van der Waals surface area contributed by atoms with Gasteiger partial charge in [0.05, 0.1) is 13.7 Å². The maximum Gasteiger partial charge on any atom is 0.211 e. The summed E-state index contributed by atoms with van der Waals surface area (Å²) in [5, 5.41) is 0. The fourth-order valence-corrected chi connectivity index (χ4v) is 1.06. The maximum atomic E-state index is 6.90. The van der Waals surface area contributed by atoms with Gasteiger partial charge in [-0.1, -0.05) is 0 Å². The molecule has 0 saturated carbocycles. The van der Waals surface area contributed by atoms with E-state index in [0.29, 0.717) is 11.6 Å². The Kier molecular flexibility index (Phi) is 2.29. The highest BCUT2D eigenvalue weighted by Crippen LogP contribution is 2.24. The molecule has 1 heterocycles. The molecule has 62 valence electrons. The molecule has 0 unspecified atom stereocenters. The van der Waals surface area contributed by atoms with Crippen LogP contribution in [0.2, 0.25) is 0 Å². The van der Waals surface area contributed by atoms with Gasteiger partial charge in [0.15, 0.2) is 0 Å². The van der Waals surface area contributed by atoms with Crippen LogP contribution in [0.15, 0.2) is 6.07 Å². The summed E-state index contributed by atoms with van der Waals surface area (Å²) in [5.41, 5.74) is 2.26. The molecule has 0 aromatic carbocycles. The van der Waals surface area contributed by atoms with Gasteiger partial charge >= 0.3 is 0 Å². The van der Waals surface area contributed by atoms with Crippen LogP contribution in [0.5, 0.6) is 5.88 Å². The number of methoxy groups -OCH3 is 1. The minimum absolute atomic E-state index is 0.567. The van der Waals surface area contributed by atoms with Crippen LogP contribution in [0, 0.1) is 20.4 Å². The minimum Gasteiger partial charge on any atom is -0.481 e. The van der Waals surface area contributed by atoms with Crippen molar-refractivity contribution in [3.8, 4) is 5.88 Å². The van der Waals surface area contributed by atoms with Crippen LogP contribution in [0.4, 0.5) is 5.69 Å². The second-order valence-electron chi connectivity index (χ2n) is 2.53. The van der Waals surface area contributed by atoms with Crippen molar-refractivity contribution < 1.29 is 4.74 Å². The lowest BCUT2D eigenvalue weighted by Crippen LogP contribution is -1.91. The van der Waals surface area contributed by atoms with E-state index >= 15 is 0 Å². The number of nitrogens with zero attached hydrogens (tertiary/aromatic N) is 2. The van der Waals surface area contributed by atoms with E-state index in [-0.39, 0.29) is 0 Å². The molecule has 3 nitrogen and oxygen atoms in total. The van der Waals surface area contributed by atoms with Crippen molar-refractivity contribution in [1.82, 2.24) is 4.98 Å². The fourth-order valence-electron chi connectivity index (χ4n) is 1.06. The van der Waals surface area contributed by atoms with E-state index in [9.17, 15) is 0 Å². The van der Waals surface area contributed by atoms with Gasteiger partial charge in [-0.2, -0.15) is 0 Å². The molecule has 0 spiro atoms. The SMILES string of the molecule is [C-]#[N+]c1c(C)cc(OC)nc1C. The Morgan fingerprint density at radius 1 is 1.50 bits per heavy atom. The van der Waals surface area contributed by atoms with Crippen molar-refractivity contribution >= 4 is 5.69 Å². The normalized spacial score (nSPS) is 9.17. The summed E-state index contributed by atoms with van der Waals surface area (Å²) in [7, 11) is 1.57. The summed E-state index contributed by atoms with van der Waals surface area (Å²) < 4.78 is 4.96. The first-order valence-corrected chi connectivity index (χ1v) is 3.58. The van der Waals surface area contributed by atoms with E-state index in [1.54, 1.807) is 13.2 Å². The number of hydrogen-bond donors (Lipinski definition) is 0. The average molecular weight is 162 g/mol. The van der Waals surface area contributed by atoms with Gasteiger partial charge in [-0.15, -0.1) is 0 Å². The Hall–Kier alpha value is -1.56. The molecule has 0 aliphatic rings. The molecule has 0 N–H and O–H groups in total. The zero-order valence-electron chi connectivity index (χ0n) is 7.38. The summed E-state index contributed by atoms with van der Waals surface area (Å²) in [6.07, 6.45) is 0. The molecule has 0 atom stereocenters. The van der Waals surface area contributed by atoms with Crippen molar-refractivity contribution in [3.05, 3.63) is 28.7 Å². The molecule has 0 saturated heterocycles. The van der Waals surface area contributed by atoms with E-state index in [1.165, 1.54) is 0 Å². The average Bonchev–Trinajstić information content (AvgIpc) is 2.03. The first kappa shape index (κ1) is 8.54. The number of aryl methyl sites for hydroxylation is 2. The molecule has 0 aliphatic heterocycles. The molecule has 12 heavy (non-hydrogen) atoms. The molecule has 0 amide bonds. The Labute approximate surface area is 71.8 Å². The maximum absolute atomic E-state index is 6.90. The van der Waals surface area contributed by atoms with Crippen molar-refractivity contribution in [2.75, 3.05) is 7.11 Å². The van der Waals surface area contributed by atoms with Crippen LogP contribution in [0.1, 0.15) is 11.3 Å². The highest BCUT2D eigenvalue weighted by atomic mass is 16.5. The predicted octanol–water partition coefficient (Wildman–Crippen LogP) is 2.26. The second-order valence-corrected chi connectivity index (χ2v) is 2.53. The highest BCUT2D eigenvalue weighted by Gasteiger charge is 2.05. The summed E-state index contributed by atoms with van der Waals surface area (Å²) in [6.45, 7) is 10.6. The number of aromatic nitrogens is 1. The first-order valence-electron chi connectivity index (χ1n) is 3.58. The standard InChI is InChI=1S/C9H10N2O/c1-6-5-8(12-4)11-7(2)9(6)10-3/h5H,1-2,4H3. The molecule has 0 radical (unpaired) electrons. The predicted molar refractivity (Wildman–Crippen MR) is 46.5 cm³/mol. The Morgan fingerprint density at radius 2 is 2.17 bits per heavy atom. The number of ether oxygens (including phenoxy) is 1. The van der Waals surface area contributed by atoms with Crippen molar-refractivity contribution in [2.45, 2.75) is 13.8 Å². The van der Waals surface area contributed by atoms with E-state index in [2.05, 4.69) is 9.83 Å². The smallest absolute Gasteiger partial charge is 0.211 e. The van der Waals surface area contributed by atoms with Crippen LogP contribution in [-0.4, -0.2) is 12.1 Å². The van der Waals surface area contributed by atoms with Gasteiger partial charge < -0.3 is 4.74 Å². The van der Waals surface area contributed by atoms with Crippen LogP contribution < -0.4 is 4.74 Å². The van der Waals surface area contributed by atoms with Gasteiger partial charge in [-0.05, 0) is 25.5 Å². The third-order valence-corrected chi connectivity index (χ3v) is 1.66. The van der Waals surface area contributed by atoms with Gasteiger partial charge in [0.2, 0.25) is 11.6 Å². The van der Waals surface area contributed by atoms with Crippen molar-refractivity contribution in [2.24, 2.45) is 0 Å². The number of rotatable bonds is 1. The van der Waals surface area contributed by atoms with Gasteiger partial charge in [0.25, 0.3) is 0 Å². The van der Waals surface area contributed by atoms with Gasteiger partial charge in [-0.25, -0.2) is 9.83 Å². The van der Waals surface area contributed by atoms with Crippen LogP contribution in [0.25, 0.3) is 4.85 Å². The zero-order valence-corrected chi connectivity index (χ0v) is 7.38. The van der Waals surface area contributed by atoms with Gasteiger partial charge in [-0.3, -0.25) is 0 Å². The zero-order chi connectivity index (χ0) is 9.14. The lowest BCUT2D eigenvalue weighted by Gasteiger charge is -2.04. The van der Waals surface area contributed by atoms with Crippen molar-refractivity contribution in [1.29, 1.82) is 0 Å². The monoisotopic (exact) mass is 162 g/mol. The second kappa shape index (κ2) is 3.22. The van der Waals surface area contributed by atoms with Crippen LogP contribution in [0.3, 0.4) is 0 Å². The van der Waals surface area contributed by atoms with Gasteiger partial charge in [0.1, 0.15) is 0 Å². The Balaban J connectivity index is 3.30. The largest absolute Gasteiger partial charge is 0.481 e. The minimum atomic E-state index is 0.567. The first-order chi connectivity index (χ1) is 5.69. The third-order valence-electron chi connectivity index (χ3n) is 1.66. The highest BCUT2D eigenvalue weighted by molar-refractivity contribution is 5.56. The van der Waals surface area contributed by atoms with Crippen molar-refractivity contribution in [3.63, 3.8) is 0 Å². The van der Waals surface area contributed by atoms with Crippen LogP contribution in [-0.2, 0) is 0 Å². The summed E-state index contributed by atoms with van der Waals surface area (Å²) >= 11 is 0. The molecule has 0 bridgehead atoms. The third kappa shape index (κ3) is 1.37. The lowest BCUT2D eigenvalue weighted by molar-refractivity contribution is 0.397. The fraction of sp³-hybridized carbons (Fsp3) is 0.333. The molecule has 0 fully saturated rings. The lowest BCUT2D eigenvalue weighted by atomic mass is 10.2. The summed E-state index contributed by atoms with van der Waals surface area (Å²) in [4.78, 5) is 7.46. The number of hydrogen-bond acceptors (Lipinski definition) is 2. The van der Waals surface area contributed by atoms with Gasteiger partial charge in [0, 0.05) is 5.69 Å². The molecule has 1 aromatic rings. The number of pyridine rings is 1. The van der Waals surface area contributed by atoms with E-state index < -0.39 is 0 Å². The van der Waals surface area contributed by atoms with E-state index in [4.69, 9.17) is 11.3 Å². The molecular formula is C9H10N2O. The van der Waals surface area contributed by atoms with E-state index in [1.807, 2.05) is 13.8 Å². The summed E-state index contributed by atoms with van der Waals surface area (Å²) in [6, 6.07) is 1.76. The summed E-state index contributed by atoms with van der Waals surface area (Å²) in [5.74, 6) is 0.567. The molecular weight excluding hydrogens is 152 g/mol. The quantitative estimate of drug-likeness (QED) is 0.592. The van der Waals surface area contributed by atoms with E-state index in [0.717, 1.165) is 11.3 Å². The molecule has 1 aromatic heterocycles. The Morgan fingerprint density at radius 3 is 2.58 bits per heavy atom. The molecule has 0 aliphatic carbocycles. The molecule has 1 rings (SSSR count). The Bertz CT molecular complexity index is 316.